The van der Waals surface area contributed by atoms with Gasteiger partial charge in [-0.15, -0.1) is 0 Å². The molecule has 0 radical (unpaired) electrons. The van der Waals surface area contributed by atoms with Gasteiger partial charge in [0.1, 0.15) is 5.75 Å². The number of benzene rings is 3. The van der Waals surface area contributed by atoms with E-state index in [2.05, 4.69) is 21.2 Å². The summed E-state index contributed by atoms with van der Waals surface area (Å²) in [7, 11) is 1.57. The predicted octanol–water partition coefficient (Wildman–Crippen LogP) is 6.27. The summed E-state index contributed by atoms with van der Waals surface area (Å²) in [6.45, 7) is 5.68. The molecule has 1 atom stereocenters. The van der Waals surface area contributed by atoms with Crippen molar-refractivity contribution in [3.63, 3.8) is 0 Å². The number of rotatable bonds is 11. The van der Waals surface area contributed by atoms with E-state index in [4.69, 9.17) is 14.2 Å². The van der Waals surface area contributed by atoms with Gasteiger partial charge in [-0.2, -0.15) is 0 Å². The summed E-state index contributed by atoms with van der Waals surface area (Å²) in [6.07, 6.45) is 0.0796. The lowest BCUT2D eigenvalue weighted by atomic mass is 9.79. The first kappa shape index (κ1) is 27.3. The largest absolute Gasteiger partial charge is 0.497 e. The Balaban J connectivity index is 2.19. The maximum absolute atomic E-state index is 13.6. The van der Waals surface area contributed by atoms with Crippen molar-refractivity contribution in [1.29, 1.82) is 0 Å². The summed E-state index contributed by atoms with van der Waals surface area (Å²) >= 11 is 3.53. The lowest BCUT2D eigenvalue weighted by Crippen LogP contribution is -2.56. The van der Waals surface area contributed by atoms with E-state index < -0.39 is 17.5 Å². The fourth-order valence-corrected chi connectivity index (χ4v) is 4.54. The van der Waals surface area contributed by atoms with E-state index in [0.717, 1.165) is 16.7 Å². The molecule has 1 N–H and O–H groups in total. The first-order valence-electron chi connectivity index (χ1n) is 11.9. The van der Waals surface area contributed by atoms with Gasteiger partial charge in [-0.05, 0) is 66.0 Å². The summed E-state index contributed by atoms with van der Waals surface area (Å²) in [5.41, 5.74) is 1.78. The van der Waals surface area contributed by atoms with Gasteiger partial charge in [0.25, 0.3) is 0 Å². The molecule has 0 spiro atoms. The molecule has 0 fully saturated rings. The van der Waals surface area contributed by atoms with Crippen LogP contribution in [0.5, 0.6) is 5.75 Å². The van der Waals surface area contributed by atoms with Crippen LogP contribution in [0.2, 0.25) is 0 Å². The van der Waals surface area contributed by atoms with Gasteiger partial charge in [0, 0.05) is 16.8 Å². The van der Waals surface area contributed by atoms with Crippen LogP contribution in [0.4, 0.5) is 5.69 Å². The lowest BCUT2D eigenvalue weighted by molar-refractivity contribution is -0.163. The number of aryl methyl sites for hydroxylation is 1. The number of esters is 2. The minimum Gasteiger partial charge on any atom is -0.497 e. The van der Waals surface area contributed by atoms with E-state index in [0.29, 0.717) is 15.9 Å². The lowest BCUT2D eigenvalue weighted by Gasteiger charge is -2.34. The zero-order valence-corrected chi connectivity index (χ0v) is 22.6. The van der Waals surface area contributed by atoms with Crippen molar-refractivity contribution in [2.75, 3.05) is 25.6 Å². The molecule has 0 bridgehead atoms. The summed E-state index contributed by atoms with van der Waals surface area (Å²) < 4.78 is 16.9. The van der Waals surface area contributed by atoms with E-state index in [1.165, 1.54) is 0 Å². The number of carbonyl (C=O) groups excluding carboxylic acids is 2. The van der Waals surface area contributed by atoms with Crippen LogP contribution in [0.1, 0.15) is 42.9 Å². The molecule has 190 valence electrons. The van der Waals surface area contributed by atoms with E-state index in [-0.39, 0.29) is 25.6 Å². The third kappa shape index (κ3) is 6.26. The third-order valence-electron chi connectivity index (χ3n) is 5.96. The molecule has 0 amide bonds. The molecule has 3 aromatic carbocycles. The number of anilines is 1. The Morgan fingerprint density at radius 1 is 0.889 bits per heavy atom. The smallest absolute Gasteiger partial charge is 0.343 e. The highest BCUT2D eigenvalue weighted by atomic mass is 79.9. The van der Waals surface area contributed by atoms with Gasteiger partial charge < -0.3 is 19.5 Å². The predicted molar refractivity (Wildman–Crippen MR) is 144 cm³/mol. The second kappa shape index (κ2) is 12.6. The maximum atomic E-state index is 13.6. The van der Waals surface area contributed by atoms with Crippen LogP contribution < -0.4 is 10.1 Å². The first-order valence-corrected chi connectivity index (χ1v) is 12.7. The first-order chi connectivity index (χ1) is 17.3. The molecular weight excluding hydrogens is 522 g/mol. The zero-order valence-electron chi connectivity index (χ0n) is 21.0. The third-order valence-corrected chi connectivity index (χ3v) is 6.62. The van der Waals surface area contributed by atoms with Crippen LogP contribution in [0.3, 0.4) is 0 Å². The molecule has 7 heteroatoms. The fourth-order valence-electron chi connectivity index (χ4n) is 4.08. The molecule has 0 aromatic heterocycles. The molecule has 3 aromatic rings. The van der Waals surface area contributed by atoms with Crippen molar-refractivity contribution in [2.24, 2.45) is 0 Å². The second-order valence-corrected chi connectivity index (χ2v) is 9.25. The molecule has 0 aliphatic carbocycles. The molecule has 0 aliphatic heterocycles. The highest BCUT2D eigenvalue weighted by molar-refractivity contribution is 9.10. The number of carbonyl (C=O) groups is 2. The van der Waals surface area contributed by atoms with Gasteiger partial charge in [0.05, 0.1) is 26.0 Å². The number of nitrogens with one attached hydrogen (secondary N) is 1. The van der Waals surface area contributed by atoms with Crippen molar-refractivity contribution in [3.8, 4) is 5.75 Å². The van der Waals surface area contributed by atoms with E-state index in [9.17, 15) is 9.59 Å². The Bertz CT molecular complexity index is 1150. The minimum absolute atomic E-state index is 0.0796. The Labute approximate surface area is 221 Å². The van der Waals surface area contributed by atoms with Crippen molar-refractivity contribution < 1.29 is 23.8 Å². The van der Waals surface area contributed by atoms with Crippen LogP contribution in [-0.2, 0) is 19.1 Å². The second-order valence-electron chi connectivity index (χ2n) is 8.40. The van der Waals surface area contributed by atoms with Gasteiger partial charge in [0.15, 0.2) is 0 Å². The average molecular weight is 554 g/mol. The van der Waals surface area contributed by atoms with E-state index in [1.807, 2.05) is 61.5 Å². The van der Waals surface area contributed by atoms with Crippen molar-refractivity contribution in [3.05, 3.63) is 94.0 Å². The van der Waals surface area contributed by atoms with Crippen molar-refractivity contribution in [1.82, 2.24) is 0 Å². The number of halogens is 1. The minimum atomic E-state index is -1.81. The summed E-state index contributed by atoms with van der Waals surface area (Å²) in [5, 5.41) is 3.21. The normalized spacial score (nSPS) is 11.9. The van der Waals surface area contributed by atoms with Gasteiger partial charge in [-0.25, -0.2) is 9.59 Å². The Morgan fingerprint density at radius 3 is 2.00 bits per heavy atom. The van der Waals surface area contributed by atoms with Crippen LogP contribution >= 0.6 is 15.9 Å². The molecule has 3 rings (SSSR count). The van der Waals surface area contributed by atoms with E-state index >= 15 is 0 Å². The van der Waals surface area contributed by atoms with Crippen LogP contribution in [0.15, 0.2) is 77.3 Å². The molecular formula is C29H32BrNO5. The Kier molecular flexibility index (Phi) is 9.53. The van der Waals surface area contributed by atoms with Crippen LogP contribution in [0.25, 0.3) is 0 Å². The topological polar surface area (TPSA) is 73.9 Å². The molecule has 0 saturated carbocycles. The quantitative estimate of drug-likeness (QED) is 0.223. The standard InChI is InChI=1S/C29H32BrNO5/c1-5-35-27(32)29(28(33)36-6-2,31-26-17-16-23(34-4)18-25(26)30)19-24(21-10-8-7-9-11-21)22-14-12-20(3)13-15-22/h7-18,24,31H,5-6,19H2,1-4H3. The summed E-state index contributed by atoms with van der Waals surface area (Å²) in [5.74, 6) is -1.06. The fraction of sp³-hybridized carbons (Fsp3) is 0.310. The Hall–Kier alpha value is -3.32. The highest BCUT2D eigenvalue weighted by Crippen LogP contribution is 2.38. The molecule has 0 heterocycles. The maximum Gasteiger partial charge on any atom is 0.343 e. The number of hydrogen-bond acceptors (Lipinski definition) is 6. The number of ether oxygens (including phenoxy) is 3. The zero-order chi connectivity index (χ0) is 26.1. The SMILES string of the molecule is CCOC(=O)C(CC(c1ccccc1)c1ccc(C)cc1)(Nc1ccc(OC)cc1Br)C(=O)OCC. The molecule has 0 saturated heterocycles. The van der Waals surface area contributed by atoms with Crippen molar-refractivity contribution >= 4 is 33.6 Å². The average Bonchev–Trinajstić information content (AvgIpc) is 2.89. The van der Waals surface area contributed by atoms with E-state index in [1.54, 1.807) is 39.2 Å². The summed E-state index contributed by atoms with van der Waals surface area (Å²) in [4.78, 5) is 27.3. The van der Waals surface area contributed by atoms with Crippen molar-refractivity contribution in [2.45, 2.75) is 38.6 Å². The number of hydrogen-bond donors (Lipinski definition) is 1. The summed E-state index contributed by atoms with van der Waals surface area (Å²) in [6, 6.07) is 23.2. The Morgan fingerprint density at radius 2 is 1.47 bits per heavy atom. The highest BCUT2D eigenvalue weighted by Gasteiger charge is 2.51. The monoisotopic (exact) mass is 553 g/mol. The van der Waals surface area contributed by atoms with Gasteiger partial charge in [0.2, 0.25) is 5.54 Å². The molecule has 6 nitrogen and oxygen atoms in total. The molecule has 1 unspecified atom stereocenters. The molecule has 0 aliphatic rings. The number of methoxy groups -OCH3 is 1. The van der Waals surface area contributed by atoms with Crippen LogP contribution in [-0.4, -0.2) is 37.8 Å². The van der Waals surface area contributed by atoms with Crippen LogP contribution in [0, 0.1) is 6.92 Å². The van der Waals surface area contributed by atoms with Gasteiger partial charge >= 0.3 is 11.9 Å². The van der Waals surface area contributed by atoms with Gasteiger partial charge in [-0.3, -0.25) is 0 Å². The molecule has 36 heavy (non-hydrogen) atoms. The van der Waals surface area contributed by atoms with Gasteiger partial charge in [-0.1, -0.05) is 60.2 Å².